The number of methoxy groups -OCH3 is 1. The molecule has 0 saturated carbocycles. The molecule has 1 aliphatic rings. The van der Waals surface area contributed by atoms with Crippen molar-refractivity contribution in [3.05, 3.63) is 18.2 Å². The van der Waals surface area contributed by atoms with E-state index < -0.39 is 6.10 Å². The van der Waals surface area contributed by atoms with Gasteiger partial charge in [-0.3, -0.25) is 4.79 Å². The van der Waals surface area contributed by atoms with Gasteiger partial charge >= 0.3 is 0 Å². The molecule has 0 saturated heterocycles. The summed E-state index contributed by atoms with van der Waals surface area (Å²) in [6.07, 6.45) is -0.420. The second-order valence-corrected chi connectivity index (χ2v) is 3.49. The quantitative estimate of drug-likeness (QED) is 0.699. The van der Waals surface area contributed by atoms with Crippen LogP contribution >= 0.6 is 0 Å². The molecule has 80 valence electrons. The molecule has 1 aromatic rings. The Morgan fingerprint density at radius 2 is 2.20 bits per heavy atom. The molecule has 1 aliphatic heterocycles. The lowest BCUT2D eigenvalue weighted by atomic mass is 10.2. The molecule has 0 bridgehead atoms. The maximum Gasteiger partial charge on any atom is 0.267 e. The largest absolute Gasteiger partial charge is 0.497 e. The molecular weight excluding hydrogens is 194 g/mol. The molecule has 2 rings (SSSR count). The topological polar surface area (TPSA) is 38.8 Å². The van der Waals surface area contributed by atoms with Crippen molar-refractivity contribution in [2.24, 2.45) is 0 Å². The number of hydrogen-bond acceptors (Lipinski definition) is 3. The fraction of sp³-hybridized carbons (Fsp3) is 0.364. The summed E-state index contributed by atoms with van der Waals surface area (Å²) in [4.78, 5) is 13.2. The summed E-state index contributed by atoms with van der Waals surface area (Å²) >= 11 is 0. The van der Waals surface area contributed by atoms with Gasteiger partial charge < -0.3 is 14.4 Å². The number of carbonyl (C=O) groups is 1. The Bertz CT molecular complexity index is 403. The number of rotatable bonds is 1. The van der Waals surface area contributed by atoms with Crippen molar-refractivity contribution < 1.29 is 14.3 Å². The third kappa shape index (κ3) is 1.52. The third-order valence-electron chi connectivity index (χ3n) is 2.51. The highest BCUT2D eigenvalue weighted by atomic mass is 16.5. The van der Waals surface area contributed by atoms with Crippen LogP contribution in [0.25, 0.3) is 0 Å². The number of hydrogen-bond donors (Lipinski definition) is 0. The molecule has 1 amide bonds. The average Bonchev–Trinajstić information content (AvgIpc) is 2.26. The number of ether oxygens (including phenoxy) is 2. The summed E-state index contributed by atoms with van der Waals surface area (Å²) in [6, 6.07) is 5.42. The molecule has 4 nitrogen and oxygen atoms in total. The Labute approximate surface area is 88.4 Å². The van der Waals surface area contributed by atoms with Crippen molar-refractivity contribution in [2.45, 2.75) is 13.0 Å². The molecule has 1 unspecified atom stereocenters. The molecule has 1 atom stereocenters. The summed E-state index contributed by atoms with van der Waals surface area (Å²) in [5, 5.41) is 0. The van der Waals surface area contributed by atoms with Crippen molar-refractivity contribution in [3.8, 4) is 11.5 Å². The van der Waals surface area contributed by atoms with Gasteiger partial charge in [-0.15, -0.1) is 0 Å². The lowest BCUT2D eigenvalue weighted by Crippen LogP contribution is -2.41. The van der Waals surface area contributed by atoms with Gasteiger partial charge in [0.2, 0.25) is 0 Å². The first-order valence-electron chi connectivity index (χ1n) is 4.75. The molecule has 0 N–H and O–H groups in total. The van der Waals surface area contributed by atoms with E-state index in [1.165, 1.54) is 0 Å². The minimum atomic E-state index is -0.420. The standard InChI is InChI=1S/C11H13NO3/c1-7-11(13)12(2)9-6-8(14-3)4-5-10(9)15-7/h4-7H,1-3H3. The molecule has 15 heavy (non-hydrogen) atoms. The number of nitrogens with zero attached hydrogens (tertiary/aromatic N) is 1. The highest BCUT2D eigenvalue weighted by Crippen LogP contribution is 2.35. The zero-order chi connectivity index (χ0) is 11.0. The first-order valence-corrected chi connectivity index (χ1v) is 4.75. The van der Waals surface area contributed by atoms with Crippen molar-refractivity contribution >= 4 is 11.6 Å². The average molecular weight is 207 g/mol. The Morgan fingerprint density at radius 3 is 2.87 bits per heavy atom. The van der Waals surface area contributed by atoms with Gasteiger partial charge in [0.05, 0.1) is 12.8 Å². The van der Waals surface area contributed by atoms with E-state index >= 15 is 0 Å². The lowest BCUT2D eigenvalue weighted by Gasteiger charge is -2.30. The van der Waals surface area contributed by atoms with Crippen LogP contribution in [0.15, 0.2) is 18.2 Å². The Hall–Kier alpha value is -1.71. The Balaban J connectivity index is 2.47. The smallest absolute Gasteiger partial charge is 0.267 e. The zero-order valence-corrected chi connectivity index (χ0v) is 8.98. The normalized spacial score (nSPS) is 19.5. The van der Waals surface area contributed by atoms with Crippen LogP contribution in [-0.4, -0.2) is 26.2 Å². The van der Waals surface area contributed by atoms with E-state index in [4.69, 9.17) is 9.47 Å². The van der Waals surface area contributed by atoms with Crippen molar-refractivity contribution in [1.29, 1.82) is 0 Å². The van der Waals surface area contributed by atoms with Gasteiger partial charge in [0, 0.05) is 13.1 Å². The van der Waals surface area contributed by atoms with E-state index in [1.807, 2.05) is 12.1 Å². The second kappa shape index (κ2) is 3.46. The summed E-state index contributed by atoms with van der Waals surface area (Å²) in [5.41, 5.74) is 0.748. The van der Waals surface area contributed by atoms with Gasteiger partial charge in [0.1, 0.15) is 11.5 Å². The first-order chi connectivity index (χ1) is 7.13. The van der Waals surface area contributed by atoms with Gasteiger partial charge in [-0.1, -0.05) is 0 Å². The summed E-state index contributed by atoms with van der Waals surface area (Å²) in [7, 11) is 3.33. The highest BCUT2D eigenvalue weighted by molar-refractivity contribution is 5.99. The van der Waals surface area contributed by atoms with E-state index in [2.05, 4.69) is 0 Å². The van der Waals surface area contributed by atoms with E-state index in [0.29, 0.717) is 11.5 Å². The van der Waals surface area contributed by atoms with Crippen LogP contribution in [0, 0.1) is 0 Å². The number of carbonyl (C=O) groups excluding carboxylic acids is 1. The number of fused-ring (bicyclic) bond motifs is 1. The number of benzene rings is 1. The van der Waals surface area contributed by atoms with E-state index in [1.54, 1.807) is 32.0 Å². The first kappa shape index (κ1) is 9.83. The molecule has 4 heteroatoms. The van der Waals surface area contributed by atoms with E-state index in [-0.39, 0.29) is 5.91 Å². The van der Waals surface area contributed by atoms with Gasteiger partial charge in [0.25, 0.3) is 5.91 Å². The maximum absolute atomic E-state index is 11.6. The predicted molar refractivity (Wildman–Crippen MR) is 56.5 cm³/mol. The van der Waals surface area contributed by atoms with Crippen LogP contribution in [0.1, 0.15) is 6.92 Å². The Morgan fingerprint density at radius 1 is 1.47 bits per heavy atom. The SMILES string of the molecule is COc1ccc2c(c1)N(C)C(=O)C(C)O2. The fourth-order valence-corrected chi connectivity index (χ4v) is 1.62. The van der Waals surface area contributed by atoms with Crippen LogP contribution in [0.3, 0.4) is 0 Å². The molecule has 0 fully saturated rings. The summed E-state index contributed by atoms with van der Waals surface area (Å²) in [5.74, 6) is 1.38. The maximum atomic E-state index is 11.6. The van der Waals surface area contributed by atoms with E-state index in [0.717, 1.165) is 5.69 Å². The van der Waals surface area contributed by atoms with Crippen LogP contribution in [-0.2, 0) is 4.79 Å². The van der Waals surface area contributed by atoms with Crippen molar-refractivity contribution in [1.82, 2.24) is 0 Å². The molecule has 1 heterocycles. The van der Waals surface area contributed by atoms with Crippen LogP contribution in [0.5, 0.6) is 11.5 Å². The van der Waals surface area contributed by atoms with Gasteiger partial charge in [-0.25, -0.2) is 0 Å². The Kier molecular flexibility index (Phi) is 2.26. The van der Waals surface area contributed by atoms with Gasteiger partial charge in [-0.05, 0) is 19.1 Å². The monoisotopic (exact) mass is 207 g/mol. The zero-order valence-electron chi connectivity index (χ0n) is 8.98. The molecule has 0 aliphatic carbocycles. The summed E-state index contributed by atoms with van der Waals surface area (Å²) < 4.78 is 10.6. The highest BCUT2D eigenvalue weighted by Gasteiger charge is 2.28. The van der Waals surface area contributed by atoms with Gasteiger partial charge in [-0.2, -0.15) is 0 Å². The minimum Gasteiger partial charge on any atom is -0.497 e. The number of amides is 1. The van der Waals surface area contributed by atoms with Crippen molar-refractivity contribution in [2.75, 3.05) is 19.1 Å². The number of likely N-dealkylation sites (N-methyl/N-ethyl adjacent to an activating group) is 1. The van der Waals surface area contributed by atoms with Gasteiger partial charge in [0.15, 0.2) is 6.10 Å². The van der Waals surface area contributed by atoms with Crippen LogP contribution in [0.4, 0.5) is 5.69 Å². The van der Waals surface area contributed by atoms with Crippen molar-refractivity contribution in [3.63, 3.8) is 0 Å². The van der Waals surface area contributed by atoms with Crippen LogP contribution < -0.4 is 14.4 Å². The van der Waals surface area contributed by atoms with Crippen LogP contribution in [0.2, 0.25) is 0 Å². The molecule has 1 aromatic carbocycles. The second-order valence-electron chi connectivity index (χ2n) is 3.49. The molecular formula is C11H13NO3. The minimum absolute atomic E-state index is 0.0456. The summed E-state index contributed by atoms with van der Waals surface area (Å²) in [6.45, 7) is 1.74. The fourth-order valence-electron chi connectivity index (χ4n) is 1.62. The third-order valence-corrected chi connectivity index (χ3v) is 2.51. The molecule has 0 spiro atoms. The molecule has 0 aromatic heterocycles. The molecule has 0 radical (unpaired) electrons. The number of anilines is 1. The van der Waals surface area contributed by atoms with E-state index in [9.17, 15) is 4.79 Å². The predicted octanol–water partition coefficient (Wildman–Crippen LogP) is 1.44. The lowest BCUT2D eigenvalue weighted by molar-refractivity contribution is -0.125.